The van der Waals surface area contributed by atoms with Gasteiger partial charge in [-0.25, -0.2) is 13.1 Å². The Labute approximate surface area is 126 Å². The fourth-order valence-corrected chi connectivity index (χ4v) is 2.99. The average molecular weight is 304 g/mol. The van der Waals surface area contributed by atoms with Crippen LogP contribution in [0.25, 0.3) is 0 Å². The van der Waals surface area contributed by atoms with Crippen molar-refractivity contribution in [2.45, 2.75) is 19.5 Å². The number of aryl methyl sites for hydroxylation is 1. The second-order valence-electron chi connectivity index (χ2n) is 4.90. The van der Waals surface area contributed by atoms with Crippen LogP contribution >= 0.6 is 0 Å². The molecule has 21 heavy (non-hydrogen) atoms. The van der Waals surface area contributed by atoms with Crippen molar-refractivity contribution in [1.82, 2.24) is 4.72 Å². The number of hydrogen-bond acceptors (Lipinski definition) is 3. The summed E-state index contributed by atoms with van der Waals surface area (Å²) < 4.78 is 26.6. The number of sulfonamides is 1. The Morgan fingerprint density at radius 2 is 1.48 bits per heavy atom. The van der Waals surface area contributed by atoms with Gasteiger partial charge in [-0.15, -0.1) is 0 Å². The van der Waals surface area contributed by atoms with Crippen molar-refractivity contribution in [2.24, 2.45) is 5.73 Å². The van der Waals surface area contributed by atoms with Gasteiger partial charge in [0.15, 0.2) is 0 Å². The maximum absolute atomic E-state index is 12.0. The highest BCUT2D eigenvalue weighted by Gasteiger charge is 2.10. The summed E-state index contributed by atoms with van der Waals surface area (Å²) in [6, 6.07) is 17.2. The lowest BCUT2D eigenvalue weighted by atomic mass is 10.1. The Kier molecular flexibility index (Phi) is 5.50. The van der Waals surface area contributed by atoms with Crippen LogP contribution in [0.2, 0.25) is 0 Å². The maximum atomic E-state index is 12.0. The molecule has 0 aliphatic rings. The molecule has 0 amide bonds. The van der Waals surface area contributed by atoms with Gasteiger partial charge >= 0.3 is 0 Å². The first-order chi connectivity index (χ1) is 10.1. The van der Waals surface area contributed by atoms with Crippen molar-refractivity contribution in [2.75, 3.05) is 5.75 Å². The molecule has 0 heterocycles. The molecule has 0 aliphatic carbocycles. The van der Waals surface area contributed by atoms with Crippen LogP contribution in [0.15, 0.2) is 54.6 Å². The van der Waals surface area contributed by atoms with Gasteiger partial charge in [-0.3, -0.25) is 0 Å². The van der Waals surface area contributed by atoms with Crippen LogP contribution in [0.1, 0.15) is 16.7 Å². The van der Waals surface area contributed by atoms with E-state index < -0.39 is 10.0 Å². The smallest absolute Gasteiger partial charge is 0.212 e. The SMILES string of the molecule is NCc1ccc(CNS(=O)(=O)CCc2ccccc2)cc1. The Morgan fingerprint density at radius 1 is 0.857 bits per heavy atom. The third kappa shape index (κ3) is 5.30. The number of nitrogens with two attached hydrogens (primary N) is 1. The van der Waals surface area contributed by atoms with E-state index in [9.17, 15) is 8.42 Å². The Bertz CT molecular complexity index is 652. The molecule has 0 aliphatic heterocycles. The van der Waals surface area contributed by atoms with Crippen LogP contribution in [-0.4, -0.2) is 14.2 Å². The van der Waals surface area contributed by atoms with Crippen molar-refractivity contribution in [3.05, 3.63) is 71.3 Å². The lowest BCUT2D eigenvalue weighted by molar-refractivity contribution is 0.580. The Hall–Kier alpha value is -1.69. The summed E-state index contributed by atoms with van der Waals surface area (Å²) in [6.07, 6.45) is 0.516. The van der Waals surface area contributed by atoms with E-state index in [0.717, 1.165) is 16.7 Å². The Morgan fingerprint density at radius 3 is 2.10 bits per heavy atom. The van der Waals surface area contributed by atoms with Gasteiger partial charge in [-0.2, -0.15) is 0 Å². The molecule has 0 aromatic heterocycles. The molecular weight excluding hydrogens is 284 g/mol. The first-order valence-corrected chi connectivity index (χ1v) is 8.53. The van der Waals surface area contributed by atoms with Crippen molar-refractivity contribution >= 4 is 10.0 Å². The Balaban J connectivity index is 1.85. The van der Waals surface area contributed by atoms with Crippen molar-refractivity contribution in [1.29, 1.82) is 0 Å². The molecule has 0 saturated heterocycles. The first-order valence-electron chi connectivity index (χ1n) is 6.88. The molecule has 0 unspecified atom stereocenters. The van der Waals surface area contributed by atoms with Crippen molar-refractivity contribution in [3.63, 3.8) is 0 Å². The minimum atomic E-state index is -3.27. The summed E-state index contributed by atoms with van der Waals surface area (Å²) in [5.74, 6) is 0.0951. The van der Waals surface area contributed by atoms with E-state index in [2.05, 4.69) is 4.72 Å². The van der Waals surface area contributed by atoms with Gasteiger partial charge in [-0.05, 0) is 23.1 Å². The molecule has 0 atom stereocenters. The quantitative estimate of drug-likeness (QED) is 0.819. The maximum Gasteiger partial charge on any atom is 0.212 e. The molecule has 0 radical (unpaired) electrons. The summed E-state index contributed by atoms with van der Waals surface area (Å²) in [7, 11) is -3.27. The van der Waals surface area contributed by atoms with Gasteiger partial charge in [0.2, 0.25) is 10.0 Å². The summed E-state index contributed by atoms with van der Waals surface area (Å²) >= 11 is 0. The largest absolute Gasteiger partial charge is 0.326 e. The van der Waals surface area contributed by atoms with Crippen LogP contribution in [0.5, 0.6) is 0 Å². The van der Waals surface area contributed by atoms with Gasteiger partial charge in [0.1, 0.15) is 0 Å². The molecular formula is C16H20N2O2S. The minimum absolute atomic E-state index is 0.0951. The zero-order chi connectivity index (χ0) is 15.1. The van der Waals surface area contributed by atoms with Gasteiger partial charge in [0.25, 0.3) is 0 Å². The number of benzene rings is 2. The molecule has 2 aromatic rings. The fraction of sp³-hybridized carbons (Fsp3) is 0.250. The molecule has 5 heteroatoms. The van der Waals surface area contributed by atoms with E-state index >= 15 is 0 Å². The third-order valence-corrected chi connectivity index (χ3v) is 4.58. The van der Waals surface area contributed by atoms with E-state index in [4.69, 9.17) is 5.73 Å². The number of nitrogens with one attached hydrogen (secondary N) is 1. The summed E-state index contributed by atoms with van der Waals surface area (Å²) in [4.78, 5) is 0. The highest BCUT2D eigenvalue weighted by atomic mass is 32.2. The van der Waals surface area contributed by atoms with E-state index in [1.165, 1.54) is 0 Å². The van der Waals surface area contributed by atoms with E-state index in [1.807, 2.05) is 54.6 Å². The first kappa shape index (κ1) is 15.7. The summed E-state index contributed by atoms with van der Waals surface area (Å²) in [6.45, 7) is 0.797. The molecule has 112 valence electrons. The third-order valence-electron chi connectivity index (χ3n) is 3.26. The molecule has 4 nitrogen and oxygen atoms in total. The minimum Gasteiger partial charge on any atom is -0.326 e. The topological polar surface area (TPSA) is 72.2 Å². The van der Waals surface area contributed by atoms with E-state index in [0.29, 0.717) is 19.5 Å². The molecule has 0 bridgehead atoms. The second kappa shape index (κ2) is 7.36. The second-order valence-corrected chi connectivity index (χ2v) is 6.82. The average Bonchev–Trinajstić information content (AvgIpc) is 2.53. The number of hydrogen-bond donors (Lipinski definition) is 2. The zero-order valence-electron chi connectivity index (χ0n) is 11.8. The monoisotopic (exact) mass is 304 g/mol. The van der Waals surface area contributed by atoms with Gasteiger partial charge in [0.05, 0.1) is 5.75 Å². The van der Waals surface area contributed by atoms with Crippen LogP contribution in [0, 0.1) is 0 Å². The van der Waals surface area contributed by atoms with Crippen LogP contribution < -0.4 is 10.5 Å². The van der Waals surface area contributed by atoms with Gasteiger partial charge < -0.3 is 5.73 Å². The van der Waals surface area contributed by atoms with Crippen LogP contribution in [0.3, 0.4) is 0 Å². The van der Waals surface area contributed by atoms with Gasteiger partial charge in [0, 0.05) is 13.1 Å². The summed E-state index contributed by atoms with van der Waals surface area (Å²) in [5.41, 5.74) is 8.51. The zero-order valence-corrected chi connectivity index (χ0v) is 12.6. The normalized spacial score (nSPS) is 11.5. The molecule has 0 fully saturated rings. The van der Waals surface area contributed by atoms with Gasteiger partial charge in [-0.1, -0.05) is 54.6 Å². The molecule has 2 rings (SSSR count). The summed E-state index contributed by atoms with van der Waals surface area (Å²) in [5, 5.41) is 0. The number of rotatable bonds is 7. The van der Waals surface area contributed by atoms with E-state index in [1.54, 1.807) is 0 Å². The lowest BCUT2D eigenvalue weighted by Gasteiger charge is -2.07. The highest BCUT2D eigenvalue weighted by Crippen LogP contribution is 2.05. The molecule has 2 aromatic carbocycles. The molecule has 0 spiro atoms. The highest BCUT2D eigenvalue weighted by molar-refractivity contribution is 7.89. The predicted molar refractivity (Wildman–Crippen MR) is 85.1 cm³/mol. The predicted octanol–water partition coefficient (Wildman–Crippen LogP) is 1.81. The fourth-order valence-electron chi connectivity index (χ4n) is 1.96. The molecule has 0 saturated carbocycles. The van der Waals surface area contributed by atoms with Crippen molar-refractivity contribution in [3.8, 4) is 0 Å². The molecule has 3 N–H and O–H groups in total. The van der Waals surface area contributed by atoms with Crippen LogP contribution in [-0.2, 0) is 29.5 Å². The lowest BCUT2D eigenvalue weighted by Crippen LogP contribution is -2.26. The van der Waals surface area contributed by atoms with Crippen LogP contribution in [0.4, 0.5) is 0 Å². The van der Waals surface area contributed by atoms with E-state index in [-0.39, 0.29) is 5.75 Å². The van der Waals surface area contributed by atoms with Crippen molar-refractivity contribution < 1.29 is 8.42 Å². The standard InChI is InChI=1S/C16H20N2O2S/c17-12-15-6-8-16(9-7-15)13-18-21(19,20)11-10-14-4-2-1-3-5-14/h1-9,18H,10-13,17H2.